The summed E-state index contributed by atoms with van der Waals surface area (Å²) in [5.41, 5.74) is 27.5. The first kappa shape index (κ1) is 50.7. The normalized spacial score (nSPS) is 19.1. The second kappa shape index (κ2) is 21.9. The van der Waals surface area contributed by atoms with Crippen molar-refractivity contribution in [3.63, 3.8) is 0 Å². The smallest absolute Gasteiger partial charge is 0.135 e. The summed E-state index contributed by atoms with van der Waals surface area (Å²) in [7, 11) is 0. The Morgan fingerprint density at radius 2 is 1.36 bits per heavy atom. The van der Waals surface area contributed by atoms with E-state index in [4.69, 9.17) is 10.2 Å². The van der Waals surface area contributed by atoms with Gasteiger partial charge in [0.25, 0.3) is 0 Å². The zero-order valence-corrected chi connectivity index (χ0v) is 44.4. The minimum Gasteiger partial charge on any atom is -0.456 e. The van der Waals surface area contributed by atoms with Crippen LogP contribution in [0.4, 0.5) is 11.4 Å². The standard InChI is InChI=1S/C43H41N.C18H21NO.C7H8.C2H4/c1-5-15-36-31(7-3)32-18-8-11-21-37(32)43(36)38-22-12-9-20-35(38)41-39(43)25-24-34-33-19-10-13-23-40(33)44(42(34)41)30-17-14-16-29(27-30)26-28(4)6-2;1-11(2)12(3)18(19)13-8-9-15-14-6-4-5-7-16(14)20-17(15)10-13;1-7-5-3-2-4-6-7;1-2/h5,8-25,27-28,34,42H,6-7,26H2,1-4H3;4-12,18H,19H2,1-3H3;2-6H,1H3;1-2H2/b15-5-;;;/t28-,34?,42?,43?;;;/m1.../s1. The summed E-state index contributed by atoms with van der Waals surface area (Å²) >= 11 is 0. The average molecular weight is 959 g/mol. The van der Waals surface area contributed by atoms with Crippen LogP contribution in [0.1, 0.15) is 118 Å². The van der Waals surface area contributed by atoms with E-state index >= 15 is 0 Å². The number of fused-ring (bicyclic) bond motifs is 13. The molecule has 73 heavy (non-hydrogen) atoms. The van der Waals surface area contributed by atoms with Crippen LogP contribution in [0, 0.1) is 24.7 Å². The Labute approximate surface area is 436 Å². The number of hydrogen-bond acceptors (Lipinski definition) is 3. The van der Waals surface area contributed by atoms with Gasteiger partial charge in [-0.25, -0.2) is 0 Å². The lowest BCUT2D eigenvalue weighted by Crippen LogP contribution is -2.34. The highest BCUT2D eigenvalue weighted by molar-refractivity contribution is 6.05. The number of rotatable bonds is 9. The number of aryl methyl sites for hydroxylation is 1. The fourth-order valence-corrected chi connectivity index (χ4v) is 12.1. The van der Waals surface area contributed by atoms with Gasteiger partial charge in [0.1, 0.15) is 11.2 Å². The average Bonchev–Trinajstić information content (AvgIpc) is 4.17. The maximum absolute atomic E-state index is 6.38. The first-order chi connectivity index (χ1) is 35.6. The Hall–Kier alpha value is -7.20. The Balaban J connectivity index is 0.000000186. The number of hydrogen-bond donors (Lipinski definition) is 1. The van der Waals surface area contributed by atoms with Gasteiger partial charge >= 0.3 is 0 Å². The second-order valence-electron chi connectivity index (χ2n) is 20.7. The molecule has 0 saturated carbocycles. The molecule has 0 fully saturated rings. The predicted octanol–water partition coefficient (Wildman–Crippen LogP) is 18.6. The van der Waals surface area contributed by atoms with Gasteiger partial charge in [-0.05, 0) is 136 Å². The molecule has 2 N–H and O–H groups in total. The third-order valence-corrected chi connectivity index (χ3v) is 16.1. The van der Waals surface area contributed by atoms with E-state index in [-0.39, 0.29) is 17.5 Å². The van der Waals surface area contributed by atoms with Crippen molar-refractivity contribution in [3.8, 4) is 0 Å². The minimum absolute atomic E-state index is 0.0487. The third kappa shape index (κ3) is 9.08. The lowest BCUT2D eigenvalue weighted by Gasteiger charge is -2.37. The lowest BCUT2D eigenvalue weighted by molar-refractivity contribution is 0.352. The molecule has 3 aliphatic carbocycles. The van der Waals surface area contributed by atoms with Crippen LogP contribution in [0.3, 0.4) is 0 Å². The number of furan rings is 1. The molecule has 4 aliphatic rings. The van der Waals surface area contributed by atoms with Crippen molar-refractivity contribution in [1.29, 1.82) is 0 Å². The molecular weight excluding hydrogens is 885 g/mol. The van der Waals surface area contributed by atoms with Gasteiger partial charge in [0.15, 0.2) is 0 Å². The fraction of sp³-hybridized carbons (Fsp3) is 0.257. The second-order valence-corrected chi connectivity index (χ2v) is 20.7. The van der Waals surface area contributed by atoms with Gasteiger partial charge in [-0.3, -0.25) is 0 Å². The van der Waals surface area contributed by atoms with Crippen LogP contribution in [0.5, 0.6) is 0 Å². The molecule has 1 aliphatic heterocycles. The summed E-state index contributed by atoms with van der Waals surface area (Å²) in [5.74, 6) is 1.97. The SMILES string of the molecule is C/C=C\C1=C(CC)c2ccccc2C12C1=C(c3ccccc32)C2C(C=C1)c1ccccc1N2c1cccc(C[C@H](C)CC)c1.C=C.CC(C)C(C)C(N)c1ccc2c(c1)oc1ccccc12.Cc1ccccc1. The van der Waals surface area contributed by atoms with Crippen molar-refractivity contribution in [3.05, 3.63) is 263 Å². The number of nitrogens with zero attached hydrogens (tertiary/aromatic N) is 1. The Morgan fingerprint density at radius 1 is 0.699 bits per heavy atom. The van der Waals surface area contributed by atoms with E-state index in [9.17, 15) is 0 Å². The van der Waals surface area contributed by atoms with Crippen molar-refractivity contribution in [2.24, 2.45) is 23.5 Å². The Morgan fingerprint density at radius 3 is 2.05 bits per heavy atom. The van der Waals surface area contributed by atoms with E-state index in [1.54, 1.807) is 0 Å². The zero-order valence-electron chi connectivity index (χ0n) is 44.4. The molecule has 8 aromatic rings. The number of anilines is 2. The molecule has 5 unspecified atom stereocenters. The van der Waals surface area contributed by atoms with E-state index in [2.05, 4.69) is 231 Å². The Kier molecular flexibility index (Phi) is 15.2. The van der Waals surface area contributed by atoms with Crippen LogP contribution < -0.4 is 10.6 Å². The molecule has 3 heteroatoms. The summed E-state index contributed by atoms with van der Waals surface area (Å²) in [6, 6.07) is 62.0. The first-order valence-electron chi connectivity index (χ1n) is 26.7. The molecular formula is C70H74N2O. The van der Waals surface area contributed by atoms with Gasteiger partial charge in [0.05, 0.1) is 11.5 Å². The maximum Gasteiger partial charge on any atom is 0.135 e. The highest BCUT2D eigenvalue weighted by Gasteiger charge is 2.56. The molecule has 6 atom stereocenters. The molecule has 3 nitrogen and oxygen atoms in total. The van der Waals surface area contributed by atoms with Gasteiger partial charge in [-0.15, -0.1) is 13.2 Å². The molecule has 0 saturated heterocycles. The lowest BCUT2D eigenvalue weighted by atomic mass is 9.67. The molecule has 1 aromatic heterocycles. The summed E-state index contributed by atoms with van der Waals surface area (Å²) in [4.78, 5) is 2.68. The minimum atomic E-state index is -0.305. The first-order valence-corrected chi connectivity index (χ1v) is 26.7. The van der Waals surface area contributed by atoms with Gasteiger partial charge < -0.3 is 15.1 Å². The topological polar surface area (TPSA) is 42.4 Å². The van der Waals surface area contributed by atoms with Crippen molar-refractivity contribution >= 4 is 44.5 Å². The van der Waals surface area contributed by atoms with E-state index in [0.29, 0.717) is 23.7 Å². The van der Waals surface area contributed by atoms with Crippen molar-refractivity contribution in [1.82, 2.24) is 0 Å². The molecule has 2 heterocycles. The molecule has 370 valence electrons. The zero-order chi connectivity index (χ0) is 51.4. The number of allylic oxidation sites excluding steroid dienone is 6. The molecule has 0 bridgehead atoms. The molecule has 0 amide bonds. The number of para-hydroxylation sites is 2. The monoisotopic (exact) mass is 959 g/mol. The van der Waals surface area contributed by atoms with Crippen molar-refractivity contribution < 1.29 is 4.42 Å². The molecule has 0 radical (unpaired) electrons. The summed E-state index contributed by atoms with van der Waals surface area (Å²) < 4.78 is 5.93. The van der Waals surface area contributed by atoms with E-state index in [0.717, 1.165) is 35.0 Å². The highest BCUT2D eigenvalue weighted by Crippen LogP contribution is 2.66. The fourth-order valence-electron chi connectivity index (χ4n) is 12.1. The van der Waals surface area contributed by atoms with E-state index < -0.39 is 0 Å². The molecule has 1 spiro atoms. The largest absolute Gasteiger partial charge is 0.456 e. The quantitative estimate of drug-likeness (QED) is 0.147. The number of benzene rings is 7. The van der Waals surface area contributed by atoms with Crippen molar-refractivity contribution in [2.45, 2.75) is 98.1 Å². The third-order valence-electron chi connectivity index (χ3n) is 16.1. The van der Waals surface area contributed by atoms with Gasteiger partial charge in [-0.2, -0.15) is 0 Å². The summed E-state index contributed by atoms with van der Waals surface area (Å²) in [6.07, 6.45) is 13.0. The van der Waals surface area contributed by atoms with Crippen LogP contribution in [0.2, 0.25) is 0 Å². The van der Waals surface area contributed by atoms with Crippen LogP contribution in [-0.2, 0) is 11.8 Å². The number of nitrogens with two attached hydrogens (primary N) is 1. The maximum atomic E-state index is 6.38. The molecule has 12 rings (SSSR count). The van der Waals surface area contributed by atoms with Gasteiger partial charge in [0.2, 0.25) is 0 Å². The van der Waals surface area contributed by atoms with Crippen LogP contribution in [-0.4, -0.2) is 6.04 Å². The van der Waals surface area contributed by atoms with E-state index in [1.165, 1.54) is 84.4 Å². The summed E-state index contributed by atoms with van der Waals surface area (Å²) in [5, 5.41) is 2.33. The highest BCUT2D eigenvalue weighted by atomic mass is 16.3. The van der Waals surface area contributed by atoms with Crippen LogP contribution in [0.25, 0.3) is 33.1 Å². The summed E-state index contributed by atoms with van der Waals surface area (Å²) in [6.45, 7) is 23.9. The van der Waals surface area contributed by atoms with Crippen molar-refractivity contribution in [2.75, 3.05) is 4.90 Å². The van der Waals surface area contributed by atoms with Gasteiger partial charge in [-0.1, -0.05) is 217 Å². The molecule has 7 aromatic carbocycles. The van der Waals surface area contributed by atoms with Crippen LogP contribution >= 0.6 is 0 Å². The van der Waals surface area contributed by atoms with Gasteiger partial charge in [0, 0.05) is 34.1 Å². The predicted molar refractivity (Wildman–Crippen MR) is 314 cm³/mol. The van der Waals surface area contributed by atoms with Crippen LogP contribution in [0.15, 0.2) is 223 Å². The Bertz CT molecular complexity index is 3360. The van der Waals surface area contributed by atoms with E-state index in [1.807, 2.05) is 36.4 Å².